The van der Waals surface area contributed by atoms with Crippen molar-refractivity contribution >= 4 is 5.69 Å². The molecular weight excluding hydrogens is 202 g/mol. The lowest BCUT2D eigenvalue weighted by Gasteiger charge is -2.09. The Morgan fingerprint density at radius 3 is 2.75 bits per heavy atom. The number of rotatable bonds is 2. The monoisotopic (exact) mass is 217 g/mol. The molecule has 5 heteroatoms. The van der Waals surface area contributed by atoms with Gasteiger partial charge in [-0.15, -0.1) is 5.10 Å². The molecule has 2 N–H and O–H groups in total. The summed E-state index contributed by atoms with van der Waals surface area (Å²) in [5.74, 6) is 0.719. The van der Waals surface area contributed by atoms with Gasteiger partial charge in [0.1, 0.15) is 0 Å². The third-order valence-corrected chi connectivity index (χ3v) is 2.43. The Morgan fingerprint density at radius 2 is 2.06 bits per heavy atom. The van der Waals surface area contributed by atoms with E-state index in [1.165, 1.54) is 0 Å². The van der Waals surface area contributed by atoms with E-state index in [2.05, 4.69) is 15.5 Å². The van der Waals surface area contributed by atoms with Gasteiger partial charge in [0.15, 0.2) is 5.82 Å². The van der Waals surface area contributed by atoms with Crippen LogP contribution < -0.4 is 5.73 Å². The summed E-state index contributed by atoms with van der Waals surface area (Å²) in [6, 6.07) is 6.07. The van der Waals surface area contributed by atoms with Crippen LogP contribution in [-0.2, 0) is 0 Å². The molecule has 2 rings (SSSR count). The van der Waals surface area contributed by atoms with E-state index in [0.29, 0.717) is 5.69 Å². The van der Waals surface area contributed by atoms with E-state index in [1.54, 1.807) is 4.68 Å². The van der Waals surface area contributed by atoms with Crippen molar-refractivity contribution in [1.82, 2.24) is 20.2 Å². The molecule has 0 aliphatic rings. The van der Waals surface area contributed by atoms with Crippen molar-refractivity contribution in [2.75, 3.05) is 5.73 Å². The summed E-state index contributed by atoms with van der Waals surface area (Å²) in [5, 5.41) is 11.7. The molecule has 1 heterocycles. The van der Waals surface area contributed by atoms with Crippen molar-refractivity contribution in [3.05, 3.63) is 23.8 Å². The summed E-state index contributed by atoms with van der Waals surface area (Å²) < 4.78 is 1.77. The number of anilines is 1. The van der Waals surface area contributed by atoms with Crippen LogP contribution in [0, 0.1) is 6.92 Å². The van der Waals surface area contributed by atoms with Gasteiger partial charge in [0.05, 0.1) is 6.04 Å². The summed E-state index contributed by atoms with van der Waals surface area (Å²) in [5.41, 5.74) is 8.67. The van der Waals surface area contributed by atoms with E-state index in [1.807, 2.05) is 39.0 Å². The average molecular weight is 217 g/mol. The Kier molecular flexibility index (Phi) is 2.60. The summed E-state index contributed by atoms with van der Waals surface area (Å²) in [4.78, 5) is 0. The molecule has 0 saturated heterocycles. The van der Waals surface area contributed by atoms with E-state index in [-0.39, 0.29) is 6.04 Å². The molecule has 0 amide bonds. The Labute approximate surface area is 94.3 Å². The molecule has 0 radical (unpaired) electrons. The minimum absolute atomic E-state index is 0.213. The van der Waals surface area contributed by atoms with Gasteiger partial charge in [-0.3, -0.25) is 0 Å². The molecule has 0 unspecified atom stereocenters. The number of hydrogen-bond donors (Lipinski definition) is 1. The van der Waals surface area contributed by atoms with Gasteiger partial charge in [0.2, 0.25) is 0 Å². The van der Waals surface area contributed by atoms with E-state index in [9.17, 15) is 0 Å². The minimum atomic E-state index is 0.213. The first-order chi connectivity index (χ1) is 7.59. The van der Waals surface area contributed by atoms with E-state index >= 15 is 0 Å². The smallest absolute Gasteiger partial charge is 0.184 e. The number of nitrogen functional groups attached to an aromatic ring is 1. The molecule has 2 aromatic rings. The summed E-state index contributed by atoms with van der Waals surface area (Å²) in [7, 11) is 0. The quantitative estimate of drug-likeness (QED) is 0.779. The molecule has 0 fully saturated rings. The molecular formula is C11H15N5. The second-order valence-corrected chi connectivity index (χ2v) is 4.13. The number of tetrazole rings is 1. The molecule has 84 valence electrons. The fourth-order valence-corrected chi connectivity index (χ4v) is 1.58. The van der Waals surface area contributed by atoms with Crippen molar-refractivity contribution in [3.63, 3.8) is 0 Å². The standard InChI is InChI=1S/C11H15N5/c1-7(2)16-11(13-14-15-16)9-6-8(3)4-5-10(9)12/h4-7H,12H2,1-3H3. The first-order valence-corrected chi connectivity index (χ1v) is 5.24. The lowest BCUT2D eigenvalue weighted by Crippen LogP contribution is -2.06. The van der Waals surface area contributed by atoms with Crippen LogP contribution in [-0.4, -0.2) is 20.2 Å². The molecule has 0 aliphatic heterocycles. The Balaban J connectivity index is 2.58. The van der Waals surface area contributed by atoms with Crippen molar-refractivity contribution in [3.8, 4) is 11.4 Å². The zero-order valence-electron chi connectivity index (χ0n) is 9.68. The second-order valence-electron chi connectivity index (χ2n) is 4.13. The highest BCUT2D eigenvalue weighted by atomic mass is 15.5. The normalized spacial score (nSPS) is 11.0. The summed E-state index contributed by atoms with van der Waals surface area (Å²) in [6.45, 7) is 6.09. The van der Waals surface area contributed by atoms with Gasteiger partial charge in [0.25, 0.3) is 0 Å². The molecule has 1 aromatic carbocycles. The van der Waals surface area contributed by atoms with Gasteiger partial charge >= 0.3 is 0 Å². The highest BCUT2D eigenvalue weighted by molar-refractivity contribution is 5.72. The topological polar surface area (TPSA) is 69.6 Å². The summed E-state index contributed by atoms with van der Waals surface area (Å²) >= 11 is 0. The highest BCUT2D eigenvalue weighted by Crippen LogP contribution is 2.25. The Hall–Kier alpha value is -1.91. The fraction of sp³-hybridized carbons (Fsp3) is 0.364. The third kappa shape index (κ3) is 1.76. The van der Waals surface area contributed by atoms with Gasteiger partial charge in [-0.1, -0.05) is 11.6 Å². The second kappa shape index (κ2) is 3.92. The maximum Gasteiger partial charge on any atom is 0.184 e. The van der Waals surface area contributed by atoms with Gasteiger partial charge in [-0.25, -0.2) is 4.68 Å². The van der Waals surface area contributed by atoms with E-state index in [4.69, 9.17) is 5.73 Å². The minimum Gasteiger partial charge on any atom is -0.398 e. The Morgan fingerprint density at radius 1 is 1.31 bits per heavy atom. The number of aromatic nitrogens is 4. The number of nitrogens with zero attached hydrogens (tertiary/aromatic N) is 4. The zero-order chi connectivity index (χ0) is 11.7. The molecule has 0 spiro atoms. The SMILES string of the molecule is Cc1ccc(N)c(-c2nnnn2C(C)C)c1. The number of hydrogen-bond acceptors (Lipinski definition) is 4. The lowest BCUT2D eigenvalue weighted by molar-refractivity contribution is 0.519. The highest BCUT2D eigenvalue weighted by Gasteiger charge is 2.13. The molecule has 0 saturated carbocycles. The summed E-state index contributed by atoms with van der Waals surface area (Å²) in [6.07, 6.45) is 0. The lowest BCUT2D eigenvalue weighted by atomic mass is 10.1. The van der Waals surface area contributed by atoms with Crippen LogP contribution in [0.5, 0.6) is 0 Å². The van der Waals surface area contributed by atoms with Crippen molar-refractivity contribution in [2.45, 2.75) is 26.8 Å². The van der Waals surface area contributed by atoms with Crippen LogP contribution >= 0.6 is 0 Å². The van der Waals surface area contributed by atoms with Gasteiger partial charge in [-0.2, -0.15) is 0 Å². The third-order valence-electron chi connectivity index (χ3n) is 2.43. The van der Waals surface area contributed by atoms with Crippen LogP contribution in [0.4, 0.5) is 5.69 Å². The van der Waals surface area contributed by atoms with Crippen LogP contribution in [0.2, 0.25) is 0 Å². The molecule has 1 aromatic heterocycles. The van der Waals surface area contributed by atoms with Crippen LogP contribution in [0.3, 0.4) is 0 Å². The van der Waals surface area contributed by atoms with Gasteiger partial charge < -0.3 is 5.73 Å². The maximum atomic E-state index is 5.94. The predicted molar refractivity (Wildman–Crippen MR) is 62.8 cm³/mol. The fourth-order valence-electron chi connectivity index (χ4n) is 1.58. The number of nitrogens with two attached hydrogens (primary N) is 1. The van der Waals surface area contributed by atoms with Gasteiger partial charge in [0, 0.05) is 11.3 Å². The largest absolute Gasteiger partial charge is 0.398 e. The van der Waals surface area contributed by atoms with Crippen molar-refractivity contribution in [1.29, 1.82) is 0 Å². The Bertz CT molecular complexity index is 501. The number of benzene rings is 1. The van der Waals surface area contributed by atoms with Crippen LogP contribution in [0.15, 0.2) is 18.2 Å². The molecule has 0 aliphatic carbocycles. The molecule has 5 nitrogen and oxygen atoms in total. The molecule has 0 atom stereocenters. The average Bonchev–Trinajstić information content (AvgIpc) is 2.70. The maximum absolute atomic E-state index is 5.94. The first-order valence-electron chi connectivity index (χ1n) is 5.24. The number of aryl methyl sites for hydroxylation is 1. The first kappa shape index (κ1) is 10.6. The van der Waals surface area contributed by atoms with Gasteiger partial charge in [-0.05, 0) is 43.3 Å². The van der Waals surface area contributed by atoms with Crippen LogP contribution in [0.25, 0.3) is 11.4 Å². The van der Waals surface area contributed by atoms with Crippen molar-refractivity contribution in [2.24, 2.45) is 0 Å². The van der Waals surface area contributed by atoms with Crippen molar-refractivity contribution < 1.29 is 0 Å². The van der Waals surface area contributed by atoms with E-state index < -0.39 is 0 Å². The zero-order valence-corrected chi connectivity index (χ0v) is 9.68. The van der Waals surface area contributed by atoms with E-state index in [0.717, 1.165) is 17.0 Å². The van der Waals surface area contributed by atoms with Crippen LogP contribution in [0.1, 0.15) is 25.5 Å². The molecule has 16 heavy (non-hydrogen) atoms. The molecule has 0 bridgehead atoms. The predicted octanol–water partition coefficient (Wildman–Crippen LogP) is 1.81.